The maximum absolute atomic E-state index is 3.17. The number of hydrogen-bond acceptors (Lipinski definition) is 1. The highest BCUT2D eigenvalue weighted by atomic mass is 14.9. The Labute approximate surface area is 168 Å². The highest BCUT2D eigenvalue weighted by Gasteiger charge is 2.04. The average Bonchev–Trinajstić information content (AvgIpc) is 2.75. The number of allylic oxidation sites excluding steroid dienone is 9. The van der Waals surface area contributed by atoms with E-state index in [0.717, 1.165) is 5.69 Å². The van der Waals surface area contributed by atoms with Crippen molar-refractivity contribution in [3.8, 4) is 0 Å². The minimum Gasteiger partial charge on any atom is -0.388 e. The van der Waals surface area contributed by atoms with Crippen molar-refractivity contribution in [3.63, 3.8) is 0 Å². The second-order valence-corrected chi connectivity index (χ2v) is 6.81. The summed E-state index contributed by atoms with van der Waals surface area (Å²) in [5.74, 6) is 0. The van der Waals surface area contributed by atoms with Gasteiger partial charge in [-0.05, 0) is 46.6 Å². The average molecular weight is 368 g/mol. The largest absolute Gasteiger partial charge is 0.388 e. The Morgan fingerprint density at radius 3 is 2.04 bits per heavy atom. The van der Waals surface area contributed by atoms with Crippen LogP contribution < -0.4 is 5.32 Å². The summed E-state index contributed by atoms with van der Waals surface area (Å²) < 4.78 is 2.10. The standard InChI is InChI=1S/C26H26N2/c1-27-24-17-15-23(16-18-24)26(22-10-5-4-6-11-22)12-8-7-9-21-13-19-25(20-14-21)28(2)3/h4-20H,1-3H3/p+1. The molecule has 0 amide bonds. The van der Waals surface area contributed by atoms with E-state index in [1.54, 1.807) is 0 Å². The van der Waals surface area contributed by atoms with Crippen LogP contribution in [-0.2, 0) is 0 Å². The zero-order valence-corrected chi connectivity index (χ0v) is 16.8. The van der Waals surface area contributed by atoms with E-state index in [9.17, 15) is 0 Å². The number of rotatable bonds is 5. The highest BCUT2D eigenvalue weighted by molar-refractivity contribution is 6.02. The Bertz CT molecular complexity index is 960. The van der Waals surface area contributed by atoms with Gasteiger partial charge in [0.2, 0.25) is 0 Å². The third-order valence-corrected chi connectivity index (χ3v) is 4.64. The van der Waals surface area contributed by atoms with E-state index in [2.05, 4.69) is 121 Å². The zero-order valence-electron chi connectivity index (χ0n) is 16.8. The second kappa shape index (κ2) is 9.52. The Kier molecular flexibility index (Phi) is 6.59. The summed E-state index contributed by atoms with van der Waals surface area (Å²) in [6.07, 6.45) is 17.0. The third kappa shape index (κ3) is 5.08. The smallest absolute Gasteiger partial charge is 0.199 e. The molecule has 0 radical (unpaired) electrons. The number of anilines is 1. The summed E-state index contributed by atoms with van der Waals surface area (Å²) in [5.41, 5.74) is 7.12. The van der Waals surface area contributed by atoms with Crippen molar-refractivity contribution in [2.75, 3.05) is 26.5 Å². The Morgan fingerprint density at radius 1 is 0.786 bits per heavy atom. The molecule has 28 heavy (non-hydrogen) atoms. The number of benzene rings is 2. The highest BCUT2D eigenvalue weighted by Crippen LogP contribution is 2.24. The van der Waals surface area contributed by atoms with Gasteiger partial charge in [0.25, 0.3) is 0 Å². The molecule has 0 aromatic heterocycles. The van der Waals surface area contributed by atoms with E-state index < -0.39 is 0 Å². The summed E-state index contributed by atoms with van der Waals surface area (Å²) in [6.45, 7) is 0. The third-order valence-electron chi connectivity index (χ3n) is 4.64. The van der Waals surface area contributed by atoms with Gasteiger partial charge >= 0.3 is 0 Å². The molecule has 1 aliphatic rings. The number of nitrogens with zero attached hydrogens (tertiary/aromatic N) is 1. The molecule has 2 aromatic carbocycles. The van der Waals surface area contributed by atoms with Gasteiger partial charge in [-0.2, -0.15) is 0 Å². The molecule has 1 aliphatic carbocycles. The van der Waals surface area contributed by atoms with Crippen molar-refractivity contribution in [3.05, 3.63) is 120 Å². The molecule has 0 atom stereocenters. The second-order valence-electron chi connectivity index (χ2n) is 6.81. The van der Waals surface area contributed by atoms with E-state index in [1.165, 1.54) is 28.0 Å². The van der Waals surface area contributed by atoms with Gasteiger partial charge in [-0.25, -0.2) is 4.58 Å². The van der Waals surface area contributed by atoms with Crippen molar-refractivity contribution >= 4 is 17.0 Å². The van der Waals surface area contributed by atoms with Gasteiger partial charge in [0.05, 0.1) is 0 Å². The summed E-state index contributed by atoms with van der Waals surface area (Å²) in [7, 11) is 6.04. The lowest BCUT2D eigenvalue weighted by Gasteiger charge is -2.09. The van der Waals surface area contributed by atoms with Crippen molar-refractivity contribution < 1.29 is 4.58 Å². The normalized spacial score (nSPS) is 13.9. The molecule has 0 fully saturated rings. The molecule has 0 unspecified atom stereocenters. The Hall–Kier alpha value is -3.39. The van der Waals surface area contributed by atoms with E-state index in [1.807, 2.05) is 13.1 Å². The monoisotopic (exact) mass is 367 g/mol. The first kappa shape index (κ1) is 19.4. The van der Waals surface area contributed by atoms with Gasteiger partial charge in [-0.15, -0.1) is 0 Å². The molecule has 1 N–H and O–H groups in total. The predicted octanol–water partition coefficient (Wildman–Crippen LogP) is 5.48. The molecular weight excluding hydrogens is 340 g/mol. The number of hydrogen-bond donors (Lipinski definition) is 1. The van der Waals surface area contributed by atoms with Crippen molar-refractivity contribution in [1.82, 2.24) is 0 Å². The fraction of sp³-hybridized carbons (Fsp3) is 0.115. The summed E-state index contributed by atoms with van der Waals surface area (Å²) in [5, 5.41) is 3.17. The van der Waals surface area contributed by atoms with Gasteiger partial charge in [0.1, 0.15) is 14.1 Å². The quantitative estimate of drug-likeness (QED) is 0.546. The number of nitrogens with one attached hydrogen (secondary N) is 1. The van der Waals surface area contributed by atoms with Crippen LogP contribution in [0.2, 0.25) is 0 Å². The van der Waals surface area contributed by atoms with E-state index in [4.69, 9.17) is 0 Å². The first-order valence-corrected chi connectivity index (χ1v) is 9.50. The summed E-state index contributed by atoms with van der Waals surface area (Å²) in [4.78, 5) is 0. The molecule has 0 heterocycles. The maximum atomic E-state index is 3.17. The van der Waals surface area contributed by atoms with Crippen LogP contribution in [-0.4, -0.2) is 31.4 Å². The van der Waals surface area contributed by atoms with Crippen LogP contribution in [0.4, 0.5) is 5.69 Å². The first-order valence-electron chi connectivity index (χ1n) is 9.50. The predicted molar refractivity (Wildman–Crippen MR) is 122 cm³/mol. The van der Waals surface area contributed by atoms with Gasteiger partial charge in [0.15, 0.2) is 5.71 Å². The fourth-order valence-corrected chi connectivity index (χ4v) is 3.00. The molecule has 2 heteroatoms. The SMILES string of the molecule is CNc1ccc(/C(=C/C=C/C=C2C=CC(=[N+](C)C)C=C2)c2ccccc2)cc1. The maximum Gasteiger partial charge on any atom is 0.199 e. The van der Waals surface area contributed by atoms with Crippen molar-refractivity contribution in [2.45, 2.75) is 0 Å². The van der Waals surface area contributed by atoms with Gasteiger partial charge in [0, 0.05) is 24.9 Å². The summed E-state index contributed by atoms with van der Waals surface area (Å²) in [6, 6.07) is 19.0. The molecular formula is C26H27N2+. The molecule has 0 spiro atoms. The molecule has 140 valence electrons. The minimum atomic E-state index is 1.11. The molecule has 3 rings (SSSR count). The van der Waals surface area contributed by atoms with Crippen LogP contribution in [0.5, 0.6) is 0 Å². The van der Waals surface area contributed by atoms with Crippen molar-refractivity contribution in [2.24, 2.45) is 0 Å². The van der Waals surface area contributed by atoms with Crippen LogP contribution >= 0.6 is 0 Å². The van der Waals surface area contributed by atoms with Crippen molar-refractivity contribution in [1.29, 1.82) is 0 Å². The Balaban J connectivity index is 1.85. The molecule has 0 saturated carbocycles. The lowest BCUT2D eigenvalue weighted by molar-refractivity contribution is -0.462. The molecule has 2 aromatic rings. The molecule has 0 aliphatic heterocycles. The topological polar surface area (TPSA) is 15.0 Å². The lowest BCUT2D eigenvalue weighted by atomic mass is 9.97. The van der Waals surface area contributed by atoms with Crippen LogP contribution in [0.25, 0.3) is 5.57 Å². The zero-order chi connectivity index (χ0) is 19.8. The lowest BCUT2D eigenvalue weighted by Crippen LogP contribution is -2.09. The molecule has 2 nitrogen and oxygen atoms in total. The van der Waals surface area contributed by atoms with Crippen LogP contribution in [0.15, 0.2) is 109 Å². The fourth-order valence-electron chi connectivity index (χ4n) is 3.00. The van der Waals surface area contributed by atoms with E-state index in [0.29, 0.717) is 0 Å². The molecule has 0 bridgehead atoms. The van der Waals surface area contributed by atoms with Gasteiger partial charge < -0.3 is 5.32 Å². The molecule has 0 saturated heterocycles. The van der Waals surface area contributed by atoms with Crippen LogP contribution in [0.3, 0.4) is 0 Å². The minimum absolute atomic E-state index is 1.11. The summed E-state index contributed by atoms with van der Waals surface area (Å²) >= 11 is 0. The van der Waals surface area contributed by atoms with E-state index >= 15 is 0 Å². The van der Waals surface area contributed by atoms with Crippen LogP contribution in [0, 0.1) is 0 Å². The van der Waals surface area contributed by atoms with E-state index in [-0.39, 0.29) is 0 Å². The van der Waals surface area contributed by atoms with Gasteiger partial charge in [-0.1, -0.05) is 66.8 Å². The van der Waals surface area contributed by atoms with Gasteiger partial charge in [-0.3, -0.25) is 0 Å². The Morgan fingerprint density at radius 2 is 1.43 bits per heavy atom. The first-order chi connectivity index (χ1) is 13.7. The van der Waals surface area contributed by atoms with Crippen LogP contribution in [0.1, 0.15) is 11.1 Å².